The minimum atomic E-state index is -0.170. The summed E-state index contributed by atoms with van der Waals surface area (Å²) in [4.78, 5) is 11.6. The van der Waals surface area contributed by atoms with Crippen molar-refractivity contribution in [3.05, 3.63) is 47.3 Å². The molecule has 1 saturated carbocycles. The van der Waals surface area contributed by atoms with E-state index < -0.39 is 0 Å². The molecule has 2 N–H and O–H groups in total. The first-order valence-electron chi connectivity index (χ1n) is 7.28. The molecule has 5 nitrogen and oxygen atoms in total. The molecule has 1 amide bonds. The first-order chi connectivity index (χ1) is 10.2. The average Bonchev–Trinajstić information content (AvgIpc) is 3.20. The van der Waals surface area contributed by atoms with Crippen LogP contribution in [0.15, 0.2) is 30.5 Å². The summed E-state index contributed by atoms with van der Waals surface area (Å²) >= 11 is 0. The molecule has 3 rings (SSSR count). The van der Waals surface area contributed by atoms with Crippen molar-refractivity contribution < 1.29 is 4.79 Å². The molecule has 110 valence electrons. The van der Waals surface area contributed by atoms with E-state index in [1.807, 2.05) is 6.20 Å². The van der Waals surface area contributed by atoms with Gasteiger partial charge in [-0.3, -0.25) is 4.79 Å². The van der Waals surface area contributed by atoms with E-state index in [1.54, 1.807) is 17.8 Å². The average molecular weight is 284 g/mol. The summed E-state index contributed by atoms with van der Waals surface area (Å²) in [6, 6.07) is 8.78. The Balaban J connectivity index is 1.77. The van der Waals surface area contributed by atoms with Gasteiger partial charge in [0.1, 0.15) is 0 Å². The number of aryl methyl sites for hydroxylation is 1. The molecule has 1 fully saturated rings. The predicted octanol–water partition coefficient (Wildman–Crippen LogP) is 1.79. The summed E-state index contributed by atoms with van der Waals surface area (Å²) in [5.74, 6) is -0.170. The Labute approximate surface area is 124 Å². The lowest BCUT2D eigenvalue weighted by atomic mass is 10.1. The van der Waals surface area contributed by atoms with Gasteiger partial charge in [-0.1, -0.05) is 12.1 Å². The maximum Gasteiger partial charge on any atom is 0.271 e. The molecular formula is C16H20N4O. The van der Waals surface area contributed by atoms with Crippen LogP contribution in [0.2, 0.25) is 0 Å². The van der Waals surface area contributed by atoms with Crippen LogP contribution in [0.1, 0.15) is 34.5 Å². The van der Waals surface area contributed by atoms with Crippen LogP contribution < -0.4 is 10.6 Å². The predicted molar refractivity (Wildman–Crippen MR) is 81.6 cm³/mol. The summed E-state index contributed by atoms with van der Waals surface area (Å²) in [5, 5.41) is 10.4. The smallest absolute Gasteiger partial charge is 0.271 e. The molecule has 21 heavy (non-hydrogen) atoms. The van der Waals surface area contributed by atoms with Crippen molar-refractivity contribution in [2.75, 3.05) is 7.05 Å². The number of aromatic nitrogens is 2. The van der Waals surface area contributed by atoms with Crippen LogP contribution in [0, 0.1) is 6.92 Å². The largest absolute Gasteiger partial charge is 0.354 e. The Morgan fingerprint density at radius 2 is 2.19 bits per heavy atom. The highest BCUT2D eigenvalue weighted by atomic mass is 16.1. The number of carbonyl (C=O) groups is 1. The molecule has 5 heteroatoms. The number of carbonyl (C=O) groups excluding carboxylic acids is 1. The van der Waals surface area contributed by atoms with Gasteiger partial charge in [-0.15, -0.1) is 0 Å². The second-order valence-electron chi connectivity index (χ2n) is 5.50. The zero-order chi connectivity index (χ0) is 14.8. The molecule has 0 atom stereocenters. The molecule has 0 unspecified atom stereocenters. The molecule has 1 heterocycles. The van der Waals surface area contributed by atoms with E-state index in [1.165, 1.54) is 18.4 Å². The minimum absolute atomic E-state index is 0.170. The van der Waals surface area contributed by atoms with Crippen molar-refractivity contribution in [1.82, 2.24) is 20.4 Å². The first-order valence-corrected chi connectivity index (χ1v) is 7.28. The van der Waals surface area contributed by atoms with Gasteiger partial charge in [-0.25, -0.2) is 4.68 Å². The zero-order valence-electron chi connectivity index (χ0n) is 12.4. The summed E-state index contributed by atoms with van der Waals surface area (Å²) in [7, 11) is 1.61. The van der Waals surface area contributed by atoms with Crippen LogP contribution in [0.3, 0.4) is 0 Å². The SMILES string of the molecule is CNC(=O)c1ccn(-c2ccc(CNC3CC3)cc2C)n1. The van der Waals surface area contributed by atoms with Crippen molar-refractivity contribution in [2.45, 2.75) is 32.4 Å². The molecule has 0 radical (unpaired) electrons. The Hall–Kier alpha value is -2.14. The van der Waals surface area contributed by atoms with Gasteiger partial charge < -0.3 is 10.6 Å². The minimum Gasteiger partial charge on any atom is -0.354 e. The molecule has 0 spiro atoms. The second-order valence-corrected chi connectivity index (χ2v) is 5.50. The number of benzene rings is 1. The molecule has 1 aromatic heterocycles. The molecule has 2 aromatic rings. The van der Waals surface area contributed by atoms with Gasteiger partial charge in [-0.05, 0) is 43.0 Å². The molecule has 0 saturated heterocycles. The van der Waals surface area contributed by atoms with Crippen LogP contribution >= 0.6 is 0 Å². The number of nitrogens with one attached hydrogen (secondary N) is 2. The quantitative estimate of drug-likeness (QED) is 0.880. The van der Waals surface area contributed by atoms with Crippen molar-refractivity contribution in [2.24, 2.45) is 0 Å². The Bertz CT molecular complexity index is 658. The fourth-order valence-electron chi connectivity index (χ4n) is 2.34. The fraction of sp³-hybridized carbons (Fsp3) is 0.375. The third-order valence-electron chi connectivity index (χ3n) is 3.73. The molecule has 1 aliphatic rings. The lowest BCUT2D eigenvalue weighted by Gasteiger charge is -2.09. The number of rotatable bonds is 5. The monoisotopic (exact) mass is 284 g/mol. The summed E-state index contributed by atoms with van der Waals surface area (Å²) in [6.07, 6.45) is 4.41. The van der Waals surface area contributed by atoms with Crippen LogP contribution in [-0.2, 0) is 6.54 Å². The van der Waals surface area contributed by atoms with E-state index in [2.05, 4.69) is 40.9 Å². The maximum atomic E-state index is 11.6. The topological polar surface area (TPSA) is 59.0 Å². The highest BCUT2D eigenvalue weighted by Crippen LogP contribution is 2.20. The molecule has 1 aromatic carbocycles. The van der Waals surface area contributed by atoms with Crippen molar-refractivity contribution in [3.8, 4) is 5.69 Å². The van der Waals surface area contributed by atoms with E-state index in [4.69, 9.17) is 0 Å². The van der Waals surface area contributed by atoms with E-state index in [-0.39, 0.29) is 5.91 Å². The Morgan fingerprint density at radius 3 is 2.86 bits per heavy atom. The highest BCUT2D eigenvalue weighted by Gasteiger charge is 2.20. The fourth-order valence-corrected chi connectivity index (χ4v) is 2.34. The number of hydrogen-bond acceptors (Lipinski definition) is 3. The Morgan fingerprint density at radius 1 is 1.38 bits per heavy atom. The van der Waals surface area contributed by atoms with E-state index in [0.29, 0.717) is 11.7 Å². The summed E-state index contributed by atoms with van der Waals surface area (Å²) in [5.41, 5.74) is 3.86. The van der Waals surface area contributed by atoms with Crippen molar-refractivity contribution in [1.29, 1.82) is 0 Å². The molecular weight excluding hydrogens is 264 g/mol. The van der Waals surface area contributed by atoms with Gasteiger partial charge in [0.15, 0.2) is 5.69 Å². The zero-order valence-corrected chi connectivity index (χ0v) is 12.4. The van der Waals surface area contributed by atoms with Crippen LogP contribution in [0.5, 0.6) is 0 Å². The lowest BCUT2D eigenvalue weighted by molar-refractivity contribution is 0.0957. The van der Waals surface area contributed by atoms with Crippen LogP contribution in [-0.4, -0.2) is 28.8 Å². The summed E-state index contributed by atoms with van der Waals surface area (Å²) in [6.45, 7) is 2.98. The van der Waals surface area contributed by atoms with Gasteiger partial charge in [0.05, 0.1) is 5.69 Å². The third kappa shape index (κ3) is 3.13. The van der Waals surface area contributed by atoms with Crippen LogP contribution in [0.25, 0.3) is 5.69 Å². The Kier molecular flexibility index (Phi) is 3.75. The first kappa shape index (κ1) is 13.8. The van der Waals surface area contributed by atoms with Crippen molar-refractivity contribution in [3.63, 3.8) is 0 Å². The standard InChI is InChI=1S/C16H20N4O/c1-11-9-12(10-18-13-4-5-13)3-6-15(11)20-8-7-14(19-20)16(21)17-2/h3,6-9,13,18H,4-5,10H2,1-2H3,(H,17,21). The van der Waals surface area contributed by atoms with Gasteiger partial charge in [0.25, 0.3) is 5.91 Å². The van der Waals surface area contributed by atoms with Gasteiger partial charge >= 0.3 is 0 Å². The normalized spacial score (nSPS) is 14.2. The highest BCUT2D eigenvalue weighted by molar-refractivity contribution is 5.91. The third-order valence-corrected chi connectivity index (χ3v) is 3.73. The molecule has 0 aliphatic heterocycles. The van der Waals surface area contributed by atoms with Crippen LogP contribution in [0.4, 0.5) is 0 Å². The van der Waals surface area contributed by atoms with Gasteiger partial charge in [-0.2, -0.15) is 5.10 Å². The van der Waals surface area contributed by atoms with E-state index in [0.717, 1.165) is 17.8 Å². The number of hydrogen-bond donors (Lipinski definition) is 2. The van der Waals surface area contributed by atoms with Crippen molar-refractivity contribution >= 4 is 5.91 Å². The number of nitrogens with zero attached hydrogens (tertiary/aromatic N) is 2. The lowest BCUT2D eigenvalue weighted by Crippen LogP contribution is -2.18. The maximum absolute atomic E-state index is 11.6. The van der Waals surface area contributed by atoms with Gasteiger partial charge in [0.2, 0.25) is 0 Å². The number of amides is 1. The van der Waals surface area contributed by atoms with E-state index >= 15 is 0 Å². The molecule has 0 bridgehead atoms. The van der Waals surface area contributed by atoms with Gasteiger partial charge in [0, 0.05) is 25.8 Å². The summed E-state index contributed by atoms with van der Waals surface area (Å²) < 4.78 is 1.75. The van der Waals surface area contributed by atoms with E-state index in [9.17, 15) is 4.79 Å². The second kappa shape index (κ2) is 5.69. The molecule has 1 aliphatic carbocycles.